The Hall–Kier alpha value is -1.06. The fourth-order valence-electron chi connectivity index (χ4n) is 2.83. The Morgan fingerprint density at radius 2 is 1.90 bits per heavy atom. The van der Waals surface area contributed by atoms with Gasteiger partial charge in [0.1, 0.15) is 5.75 Å². The molecule has 0 saturated carbocycles. The zero-order valence-electron chi connectivity index (χ0n) is 13.3. The molecule has 3 heteroatoms. The maximum absolute atomic E-state index is 5.71. The van der Waals surface area contributed by atoms with Gasteiger partial charge in [-0.05, 0) is 23.0 Å². The highest BCUT2D eigenvalue weighted by Gasteiger charge is 2.21. The van der Waals surface area contributed by atoms with Gasteiger partial charge in [-0.15, -0.1) is 0 Å². The third kappa shape index (κ3) is 3.74. The second-order valence-electron chi connectivity index (χ2n) is 6.59. The number of para-hydroxylation sites is 1. The van der Waals surface area contributed by atoms with Crippen LogP contribution in [0.1, 0.15) is 31.9 Å². The van der Waals surface area contributed by atoms with Crippen LogP contribution < -0.4 is 10.1 Å². The van der Waals surface area contributed by atoms with Crippen LogP contribution in [0.25, 0.3) is 0 Å². The summed E-state index contributed by atoms with van der Waals surface area (Å²) >= 11 is 0. The lowest BCUT2D eigenvalue weighted by Gasteiger charge is -2.28. The number of nitrogens with zero attached hydrogens (tertiary/aromatic N) is 1. The van der Waals surface area contributed by atoms with Gasteiger partial charge in [0.25, 0.3) is 0 Å². The second-order valence-corrected chi connectivity index (χ2v) is 6.59. The van der Waals surface area contributed by atoms with Crippen LogP contribution in [0.4, 0.5) is 0 Å². The fraction of sp³-hybridized carbons (Fsp3) is 0.647. The number of nitrogens with one attached hydrogen (secondary N) is 1. The molecule has 112 valence electrons. The van der Waals surface area contributed by atoms with Gasteiger partial charge < -0.3 is 15.0 Å². The molecule has 0 spiro atoms. The van der Waals surface area contributed by atoms with Crippen molar-refractivity contribution < 1.29 is 4.74 Å². The smallest absolute Gasteiger partial charge is 0.125 e. The summed E-state index contributed by atoms with van der Waals surface area (Å²) in [7, 11) is 1.79. The van der Waals surface area contributed by atoms with Crippen molar-refractivity contribution in [1.29, 1.82) is 0 Å². The van der Waals surface area contributed by atoms with Crippen molar-refractivity contribution >= 4 is 0 Å². The maximum atomic E-state index is 5.71. The molecule has 1 aliphatic rings. The molecule has 0 aromatic heterocycles. The summed E-state index contributed by atoms with van der Waals surface area (Å²) in [4.78, 5) is 2.53. The molecule has 0 atom stereocenters. The quantitative estimate of drug-likeness (QED) is 0.914. The molecule has 1 aromatic rings. The minimum Gasteiger partial charge on any atom is -0.496 e. The molecule has 20 heavy (non-hydrogen) atoms. The van der Waals surface area contributed by atoms with Crippen LogP contribution in [0.3, 0.4) is 0 Å². The number of benzene rings is 1. The zero-order chi connectivity index (χ0) is 14.6. The Labute approximate surface area is 123 Å². The van der Waals surface area contributed by atoms with Gasteiger partial charge in [0.15, 0.2) is 0 Å². The Bertz CT molecular complexity index is 431. The van der Waals surface area contributed by atoms with Crippen molar-refractivity contribution in [3.05, 3.63) is 29.3 Å². The first-order valence-electron chi connectivity index (χ1n) is 7.62. The van der Waals surface area contributed by atoms with Crippen LogP contribution in [0, 0.1) is 0 Å². The number of piperazine rings is 1. The van der Waals surface area contributed by atoms with Crippen LogP contribution in [0.15, 0.2) is 18.2 Å². The van der Waals surface area contributed by atoms with E-state index in [4.69, 9.17) is 4.74 Å². The minimum atomic E-state index is 0.121. The number of ether oxygens (including phenoxy) is 1. The standard InChI is InChI=1S/C17H28N2O/c1-17(2,3)15-7-5-6-14(16(15)20-4)8-11-19-12-9-18-10-13-19/h5-7,18H,8-13H2,1-4H3. The molecule has 3 nitrogen and oxygen atoms in total. The van der Waals surface area contributed by atoms with E-state index >= 15 is 0 Å². The molecule has 1 N–H and O–H groups in total. The van der Waals surface area contributed by atoms with Crippen LogP contribution in [0.2, 0.25) is 0 Å². The molecule has 0 aliphatic carbocycles. The van der Waals surface area contributed by atoms with Crippen molar-refractivity contribution in [1.82, 2.24) is 10.2 Å². The summed E-state index contributed by atoms with van der Waals surface area (Å²) in [6.07, 6.45) is 1.06. The first-order chi connectivity index (χ1) is 9.52. The van der Waals surface area contributed by atoms with Gasteiger partial charge in [0.05, 0.1) is 7.11 Å². The van der Waals surface area contributed by atoms with E-state index in [1.807, 2.05) is 0 Å². The summed E-state index contributed by atoms with van der Waals surface area (Å²) in [6.45, 7) is 12.4. The van der Waals surface area contributed by atoms with Gasteiger partial charge in [-0.1, -0.05) is 39.0 Å². The summed E-state index contributed by atoms with van der Waals surface area (Å²) in [5.41, 5.74) is 2.76. The molecule has 1 heterocycles. The highest BCUT2D eigenvalue weighted by Crippen LogP contribution is 2.34. The predicted molar refractivity (Wildman–Crippen MR) is 84.7 cm³/mol. The molecular weight excluding hydrogens is 248 g/mol. The van der Waals surface area contributed by atoms with Gasteiger partial charge >= 0.3 is 0 Å². The van der Waals surface area contributed by atoms with E-state index in [0.717, 1.165) is 44.9 Å². The predicted octanol–water partition coefficient (Wildman–Crippen LogP) is 2.44. The number of hydrogen-bond acceptors (Lipinski definition) is 3. The topological polar surface area (TPSA) is 24.5 Å². The number of methoxy groups -OCH3 is 1. The summed E-state index contributed by atoms with van der Waals surface area (Å²) in [5, 5.41) is 3.40. The van der Waals surface area contributed by atoms with Crippen LogP contribution >= 0.6 is 0 Å². The summed E-state index contributed by atoms with van der Waals surface area (Å²) in [6, 6.07) is 6.56. The van der Waals surface area contributed by atoms with E-state index in [9.17, 15) is 0 Å². The maximum Gasteiger partial charge on any atom is 0.125 e. The van der Waals surface area contributed by atoms with Gasteiger partial charge in [-0.2, -0.15) is 0 Å². The van der Waals surface area contributed by atoms with E-state index in [2.05, 4.69) is 49.2 Å². The van der Waals surface area contributed by atoms with Gasteiger partial charge in [0, 0.05) is 32.7 Å². The number of rotatable bonds is 4. The van der Waals surface area contributed by atoms with Crippen molar-refractivity contribution in [2.24, 2.45) is 0 Å². The monoisotopic (exact) mass is 276 g/mol. The molecule has 1 saturated heterocycles. The highest BCUT2D eigenvalue weighted by atomic mass is 16.5. The van der Waals surface area contributed by atoms with Crippen molar-refractivity contribution in [3.63, 3.8) is 0 Å². The minimum absolute atomic E-state index is 0.121. The number of hydrogen-bond donors (Lipinski definition) is 1. The summed E-state index contributed by atoms with van der Waals surface area (Å²) in [5.74, 6) is 1.08. The molecule has 2 rings (SSSR count). The third-order valence-corrected chi connectivity index (χ3v) is 4.02. The Morgan fingerprint density at radius 3 is 2.50 bits per heavy atom. The SMILES string of the molecule is COc1c(CCN2CCNCC2)cccc1C(C)(C)C. The normalized spacial score (nSPS) is 17.2. The first kappa shape index (κ1) is 15.3. The average molecular weight is 276 g/mol. The van der Waals surface area contributed by atoms with E-state index in [1.165, 1.54) is 11.1 Å². The molecule has 0 unspecified atom stereocenters. The lowest BCUT2D eigenvalue weighted by Crippen LogP contribution is -2.44. The van der Waals surface area contributed by atoms with E-state index < -0.39 is 0 Å². The van der Waals surface area contributed by atoms with Crippen molar-refractivity contribution in [2.45, 2.75) is 32.6 Å². The Kier molecular flexibility index (Phi) is 5.06. The average Bonchev–Trinajstić information content (AvgIpc) is 2.44. The molecular formula is C17H28N2O. The van der Waals surface area contributed by atoms with Crippen molar-refractivity contribution in [2.75, 3.05) is 39.8 Å². The molecule has 1 fully saturated rings. The van der Waals surface area contributed by atoms with E-state index in [-0.39, 0.29) is 5.41 Å². The Morgan fingerprint density at radius 1 is 1.20 bits per heavy atom. The fourth-order valence-corrected chi connectivity index (χ4v) is 2.83. The van der Waals surface area contributed by atoms with Crippen LogP contribution in [-0.2, 0) is 11.8 Å². The second kappa shape index (κ2) is 6.59. The Balaban J connectivity index is 2.10. The van der Waals surface area contributed by atoms with Crippen LogP contribution in [0.5, 0.6) is 5.75 Å². The molecule has 0 radical (unpaired) electrons. The van der Waals surface area contributed by atoms with Gasteiger partial charge in [-0.3, -0.25) is 0 Å². The largest absolute Gasteiger partial charge is 0.496 e. The third-order valence-electron chi connectivity index (χ3n) is 4.02. The van der Waals surface area contributed by atoms with E-state index in [1.54, 1.807) is 7.11 Å². The molecule has 1 aliphatic heterocycles. The van der Waals surface area contributed by atoms with Gasteiger partial charge in [0.2, 0.25) is 0 Å². The van der Waals surface area contributed by atoms with Gasteiger partial charge in [-0.25, -0.2) is 0 Å². The first-order valence-corrected chi connectivity index (χ1v) is 7.62. The summed E-state index contributed by atoms with van der Waals surface area (Å²) < 4.78 is 5.71. The van der Waals surface area contributed by atoms with Crippen LogP contribution in [-0.4, -0.2) is 44.7 Å². The highest BCUT2D eigenvalue weighted by molar-refractivity contribution is 5.45. The lowest BCUT2D eigenvalue weighted by atomic mass is 9.85. The zero-order valence-corrected chi connectivity index (χ0v) is 13.3. The van der Waals surface area contributed by atoms with Crippen molar-refractivity contribution in [3.8, 4) is 5.75 Å². The molecule has 0 bridgehead atoms. The molecule has 0 amide bonds. The lowest BCUT2D eigenvalue weighted by molar-refractivity contribution is 0.243. The van der Waals surface area contributed by atoms with E-state index in [0.29, 0.717) is 0 Å². The molecule has 1 aromatic carbocycles.